The number of nitrogens with zero attached hydrogens (tertiary/aromatic N) is 1. The predicted molar refractivity (Wildman–Crippen MR) is 71.0 cm³/mol. The molecule has 1 aromatic heterocycles. The summed E-state index contributed by atoms with van der Waals surface area (Å²) in [5.74, 6) is 1.36. The first kappa shape index (κ1) is 12.9. The highest BCUT2D eigenvalue weighted by Crippen LogP contribution is 2.16. The Labute approximate surface area is 108 Å². The van der Waals surface area contributed by atoms with Gasteiger partial charge >= 0.3 is 0 Å². The molecule has 1 aromatic rings. The molecule has 0 aromatic carbocycles. The first-order valence-electron chi connectivity index (χ1n) is 6.44. The SMILES string of the molecule is CNCC1CCCN(C(=O)C=Cc2ccco2)C1. The number of carbonyl (C=O) groups is 1. The van der Waals surface area contributed by atoms with Gasteiger partial charge in [0.15, 0.2) is 0 Å². The number of carbonyl (C=O) groups excluding carboxylic acids is 1. The van der Waals surface area contributed by atoms with E-state index >= 15 is 0 Å². The topological polar surface area (TPSA) is 45.5 Å². The van der Waals surface area contributed by atoms with Gasteiger partial charge in [0.05, 0.1) is 6.26 Å². The molecule has 0 radical (unpaired) electrons. The van der Waals surface area contributed by atoms with Gasteiger partial charge in [-0.1, -0.05) is 0 Å². The second-order valence-corrected chi connectivity index (χ2v) is 4.70. The van der Waals surface area contributed by atoms with Crippen LogP contribution >= 0.6 is 0 Å². The molecule has 18 heavy (non-hydrogen) atoms. The zero-order valence-corrected chi connectivity index (χ0v) is 10.8. The molecular weight excluding hydrogens is 228 g/mol. The molecule has 2 heterocycles. The molecule has 4 heteroatoms. The van der Waals surface area contributed by atoms with Gasteiger partial charge in [0.1, 0.15) is 5.76 Å². The minimum atomic E-state index is 0.0761. The number of rotatable bonds is 4. The fraction of sp³-hybridized carbons (Fsp3) is 0.500. The summed E-state index contributed by atoms with van der Waals surface area (Å²) >= 11 is 0. The number of likely N-dealkylation sites (tertiary alicyclic amines) is 1. The molecule has 0 bridgehead atoms. The summed E-state index contributed by atoms with van der Waals surface area (Å²) in [5.41, 5.74) is 0. The molecule has 98 valence electrons. The van der Waals surface area contributed by atoms with Crippen LogP contribution in [0.4, 0.5) is 0 Å². The van der Waals surface area contributed by atoms with Crippen molar-refractivity contribution in [2.45, 2.75) is 12.8 Å². The van der Waals surface area contributed by atoms with E-state index in [2.05, 4.69) is 5.32 Å². The maximum Gasteiger partial charge on any atom is 0.246 e. The Morgan fingerprint density at radius 3 is 3.28 bits per heavy atom. The van der Waals surface area contributed by atoms with Crippen molar-refractivity contribution in [3.8, 4) is 0 Å². The van der Waals surface area contributed by atoms with Crippen LogP contribution in [0.15, 0.2) is 28.9 Å². The predicted octanol–water partition coefficient (Wildman–Crippen LogP) is 1.75. The van der Waals surface area contributed by atoms with Gasteiger partial charge in [0, 0.05) is 19.2 Å². The number of furan rings is 1. The summed E-state index contributed by atoms with van der Waals surface area (Å²) < 4.78 is 5.16. The molecule has 1 N–H and O–H groups in total. The zero-order chi connectivity index (χ0) is 12.8. The summed E-state index contributed by atoms with van der Waals surface area (Å²) in [6.45, 7) is 2.69. The summed E-state index contributed by atoms with van der Waals surface area (Å²) in [7, 11) is 1.96. The smallest absolute Gasteiger partial charge is 0.246 e. The van der Waals surface area contributed by atoms with Crippen molar-refractivity contribution in [3.63, 3.8) is 0 Å². The molecule has 1 saturated heterocycles. The van der Waals surface area contributed by atoms with Crippen LogP contribution < -0.4 is 5.32 Å². The van der Waals surface area contributed by atoms with Crippen LogP contribution in [-0.4, -0.2) is 37.5 Å². The maximum atomic E-state index is 12.0. The first-order valence-corrected chi connectivity index (χ1v) is 6.44. The van der Waals surface area contributed by atoms with Crippen LogP contribution in [0, 0.1) is 5.92 Å². The average Bonchev–Trinajstić information content (AvgIpc) is 2.90. The van der Waals surface area contributed by atoms with E-state index in [4.69, 9.17) is 4.42 Å². The maximum absolute atomic E-state index is 12.0. The quantitative estimate of drug-likeness (QED) is 0.826. The number of hydrogen-bond donors (Lipinski definition) is 1. The summed E-state index contributed by atoms with van der Waals surface area (Å²) in [6, 6.07) is 3.65. The van der Waals surface area contributed by atoms with Crippen LogP contribution in [-0.2, 0) is 4.79 Å². The van der Waals surface area contributed by atoms with Crippen molar-refractivity contribution >= 4 is 12.0 Å². The Hall–Kier alpha value is -1.55. The minimum Gasteiger partial charge on any atom is -0.465 e. The van der Waals surface area contributed by atoms with Gasteiger partial charge in [-0.25, -0.2) is 0 Å². The molecule has 1 unspecified atom stereocenters. The molecule has 1 fully saturated rings. The molecule has 1 aliphatic heterocycles. The minimum absolute atomic E-state index is 0.0761. The van der Waals surface area contributed by atoms with E-state index in [9.17, 15) is 4.79 Å². The van der Waals surface area contributed by atoms with Crippen LogP contribution in [0.3, 0.4) is 0 Å². The van der Waals surface area contributed by atoms with Crippen LogP contribution in [0.5, 0.6) is 0 Å². The Kier molecular flexibility index (Phi) is 4.59. The van der Waals surface area contributed by atoms with E-state index < -0.39 is 0 Å². The Balaban J connectivity index is 1.88. The molecule has 1 amide bonds. The standard InChI is InChI=1S/C14H20N2O2/c1-15-10-12-4-2-8-16(11-12)14(17)7-6-13-5-3-9-18-13/h3,5-7,9,12,15H,2,4,8,10-11H2,1H3. The molecule has 0 saturated carbocycles. The normalized spacial score (nSPS) is 20.5. The lowest BCUT2D eigenvalue weighted by molar-refractivity contribution is -0.127. The summed E-state index contributed by atoms with van der Waals surface area (Å²) in [6.07, 6.45) is 7.22. The number of amides is 1. The van der Waals surface area contributed by atoms with Gasteiger partial charge < -0.3 is 14.6 Å². The van der Waals surface area contributed by atoms with E-state index in [-0.39, 0.29) is 5.91 Å². The van der Waals surface area contributed by atoms with Crippen molar-refractivity contribution in [2.75, 3.05) is 26.7 Å². The second kappa shape index (κ2) is 6.40. The van der Waals surface area contributed by atoms with Crippen LogP contribution in [0.1, 0.15) is 18.6 Å². The highest BCUT2D eigenvalue weighted by atomic mass is 16.3. The van der Waals surface area contributed by atoms with E-state index in [1.54, 1.807) is 18.4 Å². The monoisotopic (exact) mass is 248 g/mol. The van der Waals surface area contributed by atoms with Crippen molar-refractivity contribution < 1.29 is 9.21 Å². The molecular formula is C14H20N2O2. The number of hydrogen-bond acceptors (Lipinski definition) is 3. The van der Waals surface area contributed by atoms with Crippen molar-refractivity contribution in [2.24, 2.45) is 5.92 Å². The molecule has 1 aliphatic rings. The summed E-state index contributed by atoms with van der Waals surface area (Å²) in [5, 5.41) is 3.18. The van der Waals surface area contributed by atoms with Gasteiger partial charge in [0.2, 0.25) is 5.91 Å². The van der Waals surface area contributed by atoms with E-state index in [1.807, 2.05) is 24.1 Å². The van der Waals surface area contributed by atoms with Gasteiger partial charge in [-0.3, -0.25) is 4.79 Å². The fourth-order valence-electron chi connectivity index (χ4n) is 2.37. The highest BCUT2D eigenvalue weighted by molar-refractivity contribution is 5.91. The first-order chi connectivity index (χ1) is 8.79. The zero-order valence-electron chi connectivity index (χ0n) is 10.8. The van der Waals surface area contributed by atoms with Gasteiger partial charge in [-0.05, 0) is 50.6 Å². The molecule has 0 aliphatic carbocycles. The van der Waals surface area contributed by atoms with Gasteiger partial charge in [0.25, 0.3) is 0 Å². The third-order valence-electron chi connectivity index (χ3n) is 3.26. The van der Waals surface area contributed by atoms with E-state index in [1.165, 1.54) is 6.42 Å². The molecule has 2 rings (SSSR count). The van der Waals surface area contributed by atoms with Crippen LogP contribution in [0.25, 0.3) is 6.08 Å². The molecule has 0 spiro atoms. The number of piperidine rings is 1. The Morgan fingerprint density at radius 1 is 1.67 bits per heavy atom. The highest BCUT2D eigenvalue weighted by Gasteiger charge is 2.21. The third kappa shape index (κ3) is 3.47. The van der Waals surface area contributed by atoms with Crippen molar-refractivity contribution in [1.82, 2.24) is 10.2 Å². The molecule has 1 atom stereocenters. The van der Waals surface area contributed by atoms with Crippen LogP contribution in [0.2, 0.25) is 0 Å². The van der Waals surface area contributed by atoms with E-state index in [0.717, 1.165) is 26.1 Å². The van der Waals surface area contributed by atoms with E-state index in [0.29, 0.717) is 11.7 Å². The average molecular weight is 248 g/mol. The Morgan fingerprint density at radius 2 is 2.56 bits per heavy atom. The lowest BCUT2D eigenvalue weighted by atomic mass is 9.98. The summed E-state index contributed by atoms with van der Waals surface area (Å²) in [4.78, 5) is 13.9. The lowest BCUT2D eigenvalue weighted by Gasteiger charge is -2.32. The largest absolute Gasteiger partial charge is 0.465 e. The van der Waals surface area contributed by atoms with Crippen molar-refractivity contribution in [1.29, 1.82) is 0 Å². The molecule has 4 nitrogen and oxygen atoms in total. The van der Waals surface area contributed by atoms with Gasteiger partial charge in [-0.15, -0.1) is 0 Å². The van der Waals surface area contributed by atoms with Gasteiger partial charge in [-0.2, -0.15) is 0 Å². The third-order valence-corrected chi connectivity index (χ3v) is 3.26. The second-order valence-electron chi connectivity index (χ2n) is 4.70. The lowest BCUT2D eigenvalue weighted by Crippen LogP contribution is -2.41. The van der Waals surface area contributed by atoms with Crippen molar-refractivity contribution in [3.05, 3.63) is 30.2 Å². The number of nitrogens with one attached hydrogen (secondary N) is 1. The Bertz CT molecular complexity index is 396. The fourth-order valence-corrected chi connectivity index (χ4v) is 2.37.